The van der Waals surface area contributed by atoms with Gasteiger partial charge in [-0.3, -0.25) is 9.11 Å². The largest absolute Gasteiger partial charge is 0.494 e. The number of morpholine rings is 1. The molecular formula is C27H29F2N7O4S. The molecule has 41 heavy (non-hydrogen) atoms. The van der Waals surface area contributed by atoms with E-state index < -0.39 is 28.3 Å². The Bertz CT molecular complexity index is 1670. The molecular weight excluding hydrogens is 556 g/mol. The predicted molar refractivity (Wildman–Crippen MR) is 153 cm³/mol. The van der Waals surface area contributed by atoms with Crippen LogP contribution in [0, 0.1) is 5.82 Å². The second-order valence-electron chi connectivity index (χ2n) is 9.52. The molecule has 0 radical (unpaired) electrons. The van der Waals surface area contributed by atoms with Crippen molar-refractivity contribution in [1.29, 1.82) is 0 Å². The summed E-state index contributed by atoms with van der Waals surface area (Å²) in [5.74, 6) is 0.169. The van der Waals surface area contributed by atoms with Crippen molar-refractivity contribution in [1.82, 2.24) is 19.9 Å². The highest BCUT2D eigenvalue weighted by Crippen LogP contribution is 2.39. The summed E-state index contributed by atoms with van der Waals surface area (Å²) in [5.41, 5.74) is 7.01. The Morgan fingerprint density at radius 1 is 1.20 bits per heavy atom. The zero-order valence-corrected chi connectivity index (χ0v) is 23.3. The monoisotopic (exact) mass is 585 g/mol. The zero-order valence-electron chi connectivity index (χ0n) is 22.5. The number of methoxy groups -OCH3 is 1. The van der Waals surface area contributed by atoms with Gasteiger partial charge in [0, 0.05) is 29.9 Å². The molecule has 1 aliphatic heterocycles. The molecule has 11 nitrogen and oxygen atoms in total. The van der Waals surface area contributed by atoms with Crippen LogP contribution in [0.1, 0.15) is 13.3 Å². The normalized spacial score (nSPS) is 15.7. The molecule has 1 fully saturated rings. The molecule has 0 aliphatic carbocycles. The van der Waals surface area contributed by atoms with Crippen molar-refractivity contribution in [2.45, 2.75) is 19.4 Å². The summed E-state index contributed by atoms with van der Waals surface area (Å²) in [4.78, 5) is 19.8. The highest BCUT2D eigenvalue weighted by molar-refractivity contribution is 7.92. The third kappa shape index (κ3) is 5.98. The predicted octanol–water partition coefficient (Wildman–Crippen LogP) is 3.81. The maximum absolute atomic E-state index is 15.8. The van der Waals surface area contributed by atoms with E-state index in [1.54, 1.807) is 12.1 Å². The lowest BCUT2D eigenvalue weighted by Crippen LogP contribution is -2.44. The third-order valence-corrected chi connectivity index (χ3v) is 8.01. The fourth-order valence-corrected chi connectivity index (χ4v) is 5.72. The van der Waals surface area contributed by atoms with E-state index in [-0.39, 0.29) is 29.7 Å². The molecule has 216 valence electrons. The van der Waals surface area contributed by atoms with E-state index in [0.29, 0.717) is 59.2 Å². The van der Waals surface area contributed by atoms with Gasteiger partial charge in [0.1, 0.15) is 17.1 Å². The first-order valence-electron chi connectivity index (χ1n) is 12.9. The van der Waals surface area contributed by atoms with Crippen LogP contribution >= 0.6 is 0 Å². The van der Waals surface area contributed by atoms with Crippen LogP contribution in [0.5, 0.6) is 5.75 Å². The van der Waals surface area contributed by atoms with Gasteiger partial charge in [0.2, 0.25) is 16.0 Å². The number of nitrogens with one attached hydrogen (secondary N) is 1. The molecule has 0 saturated carbocycles. The van der Waals surface area contributed by atoms with E-state index in [1.165, 1.54) is 37.7 Å². The van der Waals surface area contributed by atoms with E-state index in [2.05, 4.69) is 19.6 Å². The van der Waals surface area contributed by atoms with Crippen molar-refractivity contribution in [3.05, 3.63) is 48.5 Å². The Balaban J connectivity index is 1.68. The minimum absolute atomic E-state index is 0.0224. The van der Waals surface area contributed by atoms with E-state index in [9.17, 15) is 12.8 Å². The van der Waals surface area contributed by atoms with Crippen LogP contribution in [0.15, 0.2) is 42.7 Å². The highest BCUT2D eigenvalue weighted by Gasteiger charge is 2.26. The molecule has 4 aromatic rings. The Hall–Kier alpha value is -4.17. The van der Waals surface area contributed by atoms with Crippen LogP contribution in [-0.2, 0) is 14.8 Å². The first-order chi connectivity index (χ1) is 19.7. The molecule has 0 spiro atoms. The summed E-state index contributed by atoms with van der Waals surface area (Å²) in [7, 11) is -2.46. The summed E-state index contributed by atoms with van der Waals surface area (Å²) in [6, 6.07) is 7.74. The number of aromatic nitrogens is 4. The average Bonchev–Trinajstić information content (AvgIpc) is 2.97. The molecule has 1 atom stereocenters. The Kier molecular flexibility index (Phi) is 8.13. The number of sulfonamides is 1. The molecule has 1 saturated heterocycles. The van der Waals surface area contributed by atoms with E-state index in [4.69, 9.17) is 25.2 Å². The fourth-order valence-electron chi connectivity index (χ4n) is 4.64. The third-order valence-electron chi connectivity index (χ3n) is 6.66. The SMILES string of the molecule is COc1cc(-c2cccc(NS(=O)(=O)CCCF)c2F)cc2c(N3CCOC[C@H]3C)nc(-c3cnc(N)nc3)nc12. The Morgan fingerprint density at radius 3 is 2.68 bits per heavy atom. The molecule has 1 aliphatic rings. The molecule has 0 amide bonds. The molecule has 2 aromatic heterocycles. The molecule has 5 rings (SSSR count). The number of nitrogens with two attached hydrogens (primary N) is 1. The van der Waals surface area contributed by atoms with Crippen LogP contribution in [0.2, 0.25) is 0 Å². The van der Waals surface area contributed by atoms with Gasteiger partial charge in [-0.1, -0.05) is 12.1 Å². The topological polar surface area (TPSA) is 145 Å². The number of ether oxygens (including phenoxy) is 2. The van der Waals surface area contributed by atoms with E-state index in [1.807, 2.05) is 6.92 Å². The second kappa shape index (κ2) is 11.7. The van der Waals surface area contributed by atoms with Crippen LogP contribution in [-0.4, -0.2) is 73.7 Å². The number of rotatable bonds is 9. The Morgan fingerprint density at radius 2 is 1.98 bits per heavy atom. The lowest BCUT2D eigenvalue weighted by molar-refractivity contribution is 0.0987. The smallest absolute Gasteiger partial charge is 0.232 e. The van der Waals surface area contributed by atoms with Crippen molar-refractivity contribution < 1.29 is 26.7 Å². The van der Waals surface area contributed by atoms with E-state index >= 15 is 4.39 Å². The molecule has 2 aromatic carbocycles. The first kappa shape index (κ1) is 28.4. The molecule has 0 unspecified atom stereocenters. The quantitative estimate of drug-likeness (QED) is 0.297. The van der Waals surface area contributed by atoms with Crippen molar-refractivity contribution in [2.75, 3.05) is 54.7 Å². The van der Waals surface area contributed by atoms with Crippen molar-refractivity contribution in [3.8, 4) is 28.3 Å². The van der Waals surface area contributed by atoms with Crippen molar-refractivity contribution in [2.24, 2.45) is 0 Å². The van der Waals surface area contributed by atoms with Crippen molar-refractivity contribution >= 4 is 38.4 Å². The Labute approximate surface area is 235 Å². The number of nitrogens with zero attached hydrogens (tertiary/aromatic N) is 5. The maximum atomic E-state index is 15.8. The number of benzene rings is 2. The van der Waals surface area contributed by atoms with Crippen molar-refractivity contribution in [3.63, 3.8) is 0 Å². The van der Waals surface area contributed by atoms with Gasteiger partial charge >= 0.3 is 0 Å². The van der Waals surface area contributed by atoms with Gasteiger partial charge in [0.15, 0.2) is 11.6 Å². The summed E-state index contributed by atoms with van der Waals surface area (Å²) in [6.07, 6.45) is 2.88. The van der Waals surface area contributed by atoms with Crippen LogP contribution in [0.25, 0.3) is 33.4 Å². The average molecular weight is 586 g/mol. The number of hydrogen-bond acceptors (Lipinski definition) is 10. The number of halogens is 2. The summed E-state index contributed by atoms with van der Waals surface area (Å²) < 4.78 is 66.6. The molecule has 14 heteroatoms. The van der Waals surface area contributed by atoms with Crippen LogP contribution in [0.3, 0.4) is 0 Å². The van der Waals surface area contributed by atoms with Gasteiger partial charge < -0.3 is 20.1 Å². The minimum Gasteiger partial charge on any atom is -0.494 e. The van der Waals surface area contributed by atoms with Gasteiger partial charge in [-0.25, -0.2) is 32.7 Å². The van der Waals surface area contributed by atoms with Crippen LogP contribution < -0.4 is 20.1 Å². The lowest BCUT2D eigenvalue weighted by Gasteiger charge is -2.35. The van der Waals surface area contributed by atoms with Crippen LogP contribution in [0.4, 0.5) is 26.2 Å². The minimum atomic E-state index is -3.94. The highest BCUT2D eigenvalue weighted by atomic mass is 32.2. The second-order valence-corrected chi connectivity index (χ2v) is 11.4. The standard InChI is InChI=1S/C27H29F2N7O4S/c1-16-15-40-9-8-36(16)26-20-11-17(19-5-3-6-21(23(19)29)35-41(37,38)10-4-7-28)12-22(39-2)24(20)33-25(34-26)18-13-31-27(30)32-14-18/h3,5-6,11-14,16,35H,4,7-10,15H2,1-2H3,(H2,30,31,32)/t16-/m1/s1. The summed E-state index contributed by atoms with van der Waals surface area (Å²) >= 11 is 0. The number of nitrogen functional groups attached to an aromatic ring is 1. The summed E-state index contributed by atoms with van der Waals surface area (Å²) in [6.45, 7) is 2.76. The molecule has 3 heterocycles. The van der Waals surface area contributed by atoms with E-state index in [0.717, 1.165) is 0 Å². The van der Waals surface area contributed by atoms with Gasteiger partial charge in [-0.15, -0.1) is 0 Å². The van der Waals surface area contributed by atoms with Gasteiger partial charge in [-0.05, 0) is 37.1 Å². The number of alkyl halides is 1. The number of hydrogen-bond donors (Lipinski definition) is 2. The van der Waals surface area contributed by atoms with Gasteiger partial charge in [-0.2, -0.15) is 0 Å². The molecule has 3 N–H and O–H groups in total. The zero-order chi connectivity index (χ0) is 29.1. The first-order valence-corrected chi connectivity index (χ1v) is 14.5. The number of fused-ring (bicyclic) bond motifs is 1. The fraction of sp³-hybridized carbons (Fsp3) is 0.333. The summed E-state index contributed by atoms with van der Waals surface area (Å²) in [5, 5.41) is 0.599. The lowest BCUT2D eigenvalue weighted by atomic mass is 10.0. The van der Waals surface area contributed by atoms with Gasteiger partial charge in [0.05, 0.1) is 50.0 Å². The number of anilines is 3. The van der Waals surface area contributed by atoms with Gasteiger partial charge in [0.25, 0.3) is 0 Å². The maximum Gasteiger partial charge on any atom is 0.232 e. The molecule has 0 bridgehead atoms.